The first-order chi connectivity index (χ1) is 15.7. The highest BCUT2D eigenvalue weighted by Gasteiger charge is 2.22. The van der Waals surface area contributed by atoms with Crippen LogP contribution in [0.2, 0.25) is 0 Å². The van der Waals surface area contributed by atoms with Crippen molar-refractivity contribution in [3.05, 3.63) is 71.2 Å². The van der Waals surface area contributed by atoms with Crippen LogP contribution < -0.4 is 4.74 Å². The largest absolute Gasteiger partial charge is 0.491 e. The van der Waals surface area contributed by atoms with Gasteiger partial charge in [-0.1, -0.05) is 42.9 Å². The maximum atomic E-state index is 10.6. The third kappa shape index (κ3) is 4.15. The van der Waals surface area contributed by atoms with E-state index >= 15 is 0 Å². The second-order valence-electron chi connectivity index (χ2n) is 8.25. The molecule has 0 radical (unpaired) electrons. The number of hydrogen-bond acceptors (Lipinski definition) is 6. The van der Waals surface area contributed by atoms with Gasteiger partial charge in [-0.25, -0.2) is 0 Å². The summed E-state index contributed by atoms with van der Waals surface area (Å²) in [5.74, 6) is 0.714. The van der Waals surface area contributed by atoms with E-state index < -0.39 is 6.10 Å². The van der Waals surface area contributed by atoms with Gasteiger partial charge in [0.1, 0.15) is 28.9 Å². The lowest BCUT2D eigenvalue weighted by Crippen LogP contribution is -2.38. The summed E-state index contributed by atoms with van der Waals surface area (Å²) in [6, 6.07) is 18.2. The highest BCUT2D eigenvalue weighted by molar-refractivity contribution is 7.17. The molecular formula is C26H27N3O3S. The molecule has 0 bridgehead atoms. The third-order valence-corrected chi connectivity index (χ3v) is 6.96. The zero-order chi connectivity index (χ0) is 21.5. The lowest BCUT2D eigenvalue weighted by atomic mass is 10.0. The van der Waals surface area contributed by atoms with E-state index in [1.54, 1.807) is 11.3 Å². The average molecular weight is 462 g/mol. The maximum absolute atomic E-state index is 10.6. The monoisotopic (exact) mass is 461 g/mol. The number of aromatic nitrogens is 2. The van der Waals surface area contributed by atoms with Crippen molar-refractivity contribution in [2.24, 2.45) is 0 Å². The quantitative estimate of drug-likeness (QED) is 0.351. The van der Waals surface area contributed by atoms with Gasteiger partial charge in [0.15, 0.2) is 5.58 Å². The number of aliphatic hydroxyl groups is 1. The molecule has 4 heterocycles. The number of hydrogen-bond donors (Lipinski definition) is 2. The van der Waals surface area contributed by atoms with Crippen LogP contribution in [0.15, 0.2) is 64.5 Å². The molecule has 0 aliphatic carbocycles. The predicted molar refractivity (Wildman–Crippen MR) is 133 cm³/mol. The first-order valence-electron chi connectivity index (χ1n) is 10.8. The number of thiophene rings is 1. The number of aliphatic hydroxyl groups excluding tert-OH is 1. The van der Waals surface area contributed by atoms with Gasteiger partial charge in [0.05, 0.1) is 0 Å². The van der Waals surface area contributed by atoms with Crippen LogP contribution in [0.4, 0.5) is 0 Å². The molecule has 0 saturated heterocycles. The topological polar surface area (TPSA) is 74.5 Å². The van der Waals surface area contributed by atoms with E-state index in [1.807, 2.05) is 35.7 Å². The summed E-state index contributed by atoms with van der Waals surface area (Å²) in [7, 11) is 0. The average Bonchev–Trinajstić information content (AvgIpc) is 3.52. The number of rotatable bonds is 6. The molecule has 7 heteroatoms. The normalized spacial score (nSPS) is 14.8. The third-order valence-electron chi connectivity index (χ3n) is 6.06. The van der Waals surface area contributed by atoms with Crippen molar-refractivity contribution in [1.82, 2.24) is 15.0 Å². The number of aromatic amines is 1. The fraction of sp³-hybridized carbons (Fsp3) is 0.269. The highest BCUT2D eigenvalue weighted by Crippen LogP contribution is 2.33. The predicted octanol–water partition coefficient (Wildman–Crippen LogP) is 5.47. The molecule has 1 aliphatic rings. The molecule has 1 atom stereocenters. The minimum absolute atomic E-state index is 0. The van der Waals surface area contributed by atoms with Crippen LogP contribution in [0.3, 0.4) is 0 Å². The second-order valence-corrected chi connectivity index (χ2v) is 9.17. The van der Waals surface area contributed by atoms with Crippen molar-refractivity contribution < 1.29 is 14.4 Å². The zero-order valence-corrected chi connectivity index (χ0v) is 18.3. The Bertz CT molecular complexity index is 1390. The summed E-state index contributed by atoms with van der Waals surface area (Å²) in [5.41, 5.74) is 6.42. The van der Waals surface area contributed by atoms with E-state index in [0.717, 1.165) is 41.1 Å². The molecule has 2 N–H and O–H groups in total. The first-order valence-corrected chi connectivity index (χ1v) is 11.7. The van der Waals surface area contributed by atoms with Gasteiger partial charge in [0, 0.05) is 41.8 Å². The molecule has 33 heavy (non-hydrogen) atoms. The Kier molecular flexibility index (Phi) is 5.93. The van der Waals surface area contributed by atoms with E-state index in [2.05, 4.69) is 39.3 Å². The molecule has 1 unspecified atom stereocenters. The van der Waals surface area contributed by atoms with Crippen LogP contribution in [-0.4, -0.2) is 45.9 Å². The van der Waals surface area contributed by atoms with Gasteiger partial charge >= 0.3 is 0 Å². The summed E-state index contributed by atoms with van der Waals surface area (Å²) in [6.07, 6.45) is 0.421. The zero-order valence-electron chi connectivity index (χ0n) is 17.5. The van der Waals surface area contributed by atoms with Crippen LogP contribution in [-0.2, 0) is 13.0 Å². The Morgan fingerprint density at radius 3 is 3.03 bits per heavy atom. The standard InChI is InChI=1S/C25H23N3O3S.CH4/c29-17(13-28-10-8-20-19-6-1-2-7-21(19)26-22(20)14-28)15-30-18-5-3-4-16(12-18)24-25-23(31-27-24)9-11-32-25;/h1-7,9,11-12,17,26,29H,8,10,13-15H2;1H4. The van der Waals surface area contributed by atoms with Gasteiger partial charge in [0.2, 0.25) is 0 Å². The maximum Gasteiger partial charge on any atom is 0.178 e. The molecule has 170 valence electrons. The van der Waals surface area contributed by atoms with Crippen molar-refractivity contribution in [1.29, 1.82) is 0 Å². The fourth-order valence-electron chi connectivity index (χ4n) is 4.54. The summed E-state index contributed by atoms with van der Waals surface area (Å²) in [4.78, 5) is 5.82. The number of para-hydroxylation sites is 1. The highest BCUT2D eigenvalue weighted by atomic mass is 32.1. The Morgan fingerprint density at radius 2 is 2.09 bits per heavy atom. The van der Waals surface area contributed by atoms with Crippen molar-refractivity contribution in [2.45, 2.75) is 26.5 Å². The van der Waals surface area contributed by atoms with Gasteiger partial charge in [-0.3, -0.25) is 4.90 Å². The minimum Gasteiger partial charge on any atom is -0.491 e. The van der Waals surface area contributed by atoms with E-state index in [1.165, 1.54) is 22.2 Å². The Hall–Kier alpha value is -3.13. The number of nitrogens with zero attached hydrogens (tertiary/aromatic N) is 2. The lowest BCUT2D eigenvalue weighted by molar-refractivity contribution is 0.0635. The molecular weight excluding hydrogens is 434 g/mol. The van der Waals surface area contributed by atoms with E-state index in [4.69, 9.17) is 9.26 Å². The number of benzene rings is 2. The lowest BCUT2D eigenvalue weighted by Gasteiger charge is -2.28. The molecule has 5 aromatic rings. The number of fused-ring (bicyclic) bond motifs is 4. The summed E-state index contributed by atoms with van der Waals surface area (Å²) < 4.78 is 12.3. The Balaban J connectivity index is 0.00000228. The number of β-amino-alcohol motifs (C(OH)–C–C–N with tert-alkyl or cyclic N) is 1. The van der Waals surface area contributed by atoms with E-state index in [-0.39, 0.29) is 14.0 Å². The van der Waals surface area contributed by atoms with Crippen LogP contribution >= 0.6 is 11.3 Å². The molecule has 0 amide bonds. The molecule has 0 spiro atoms. The van der Waals surface area contributed by atoms with E-state index in [9.17, 15) is 5.11 Å². The second kappa shape index (κ2) is 9.02. The summed E-state index contributed by atoms with van der Waals surface area (Å²) >= 11 is 1.61. The molecule has 3 aromatic heterocycles. The van der Waals surface area contributed by atoms with Crippen molar-refractivity contribution in [3.8, 4) is 17.0 Å². The number of ether oxygens (including phenoxy) is 1. The van der Waals surface area contributed by atoms with Gasteiger partial charge in [-0.05, 0) is 41.6 Å². The van der Waals surface area contributed by atoms with Gasteiger partial charge in [0.25, 0.3) is 0 Å². The molecule has 2 aromatic carbocycles. The molecule has 0 saturated carbocycles. The van der Waals surface area contributed by atoms with Gasteiger partial charge < -0.3 is 19.4 Å². The summed E-state index contributed by atoms with van der Waals surface area (Å²) in [6.45, 7) is 2.57. The smallest absolute Gasteiger partial charge is 0.178 e. The van der Waals surface area contributed by atoms with Crippen molar-refractivity contribution in [2.75, 3.05) is 19.7 Å². The first kappa shape index (κ1) is 21.7. The molecule has 0 fully saturated rings. The number of nitrogens with one attached hydrogen (secondary N) is 1. The van der Waals surface area contributed by atoms with Crippen LogP contribution in [0.5, 0.6) is 5.75 Å². The number of H-pyrrole nitrogens is 1. The molecule has 1 aliphatic heterocycles. The van der Waals surface area contributed by atoms with Crippen molar-refractivity contribution in [3.63, 3.8) is 0 Å². The Morgan fingerprint density at radius 1 is 1.18 bits per heavy atom. The van der Waals surface area contributed by atoms with Crippen LogP contribution in [0, 0.1) is 0 Å². The fourth-order valence-corrected chi connectivity index (χ4v) is 5.36. The molecule has 6 nitrogen and oxygen atoms in total. The Labute approximate surface area is 196 Å². The SMILES string of the molecule is C.OC(COc1cccc(-c2noc3ccsc23)c1)CN1CCc2c([nH]c3ccccc23)C1. The molecule has 6 rings (SSSR count). The summed E-state index contributed by atoms with van der Waals surface area (Å²) in [5, 5.41) is 18.1. The van der Waals surface area contributed by atoms with Gasteiger partial charge in [-0.2, -0.15) is 0 Å². The minimum atomic E-state index is -0.569. The van der Waals surface area contributed by atoms with Crippen LogP contribution in [0.25, 0.3) is 32.4 Å². The van der Waals surface area contributed by atoms with Crippen molar-refractivity contribution >= 4 is 32.5 Å². The van der Waals surface area contributed by atoms with Gasteiger partial charge in [-0.15, -0.1) is 11.3 Å². The van der Waals surface area contributed by atoms with E-state index in [0.29, 0.717) is 12.3 Å². The van der Waals surface area contributed by atoms with Crippen LogP contribution in [0.1, 0.15) is 18.7 Å².